The molecule has 1 saturated heterocycles. The lowest BCUT2D eigenvalue weighted by atomic mass is 10.1. The van der Waals surface area contributed by atoms with E-state index in [0.29, 0.717) is 13.2 Å². The summed E-state index contributed by atoms with van der Waals surface area (Å²) in [7, 11) is 1.67. The fourth-order valence-electron chi connectivity index (χ4n) is 3.83. The van der Waals surface area contributed by atoms with Crippen molar-refractivity contribution in [3.63, 3.8) is 0 Å². The number of guanidine groups is 1. The topological polar surface area (TPSA) is 71.0 Å². The maximum absolute atomic E-state index is 5.68. The van der Waals surface area contributed by atoms with E-state index in [1.165, 1.54) is 24.0 Å². The molecule has 174 valence electrons. The van der Waals surface area contributed by atoms with E-state index in [1.807, 2.05) is 25.3 Å². The minimum absolute atomic E-state index is 0.626. The summed E-state index contributed by atoms with van der Waals surface area (Å²) in [5.41, 5.74) is 2.42. The van der Waals surface area contributed by atoms with E-state index in [-0.39, 0.29) is 0 Å². The molecule has 1 fully saturated rings. The molecule has 3 rings (SSSR count). The fraction of sp³-hybridized carbons (Fsp3) is 0.520. The average Bonchev–Trinajstić information content (AvgIpc) is 3.36. The van der Waals surface area contributed by atoms with Crippen molar-refractivity contribution in [2.45, 2.75) is 46.1 Å². The summed E-state index contributed by atoms with van der Waals surface area (Å²) in [6.07, 6.45) is 6.35. The van der Waals surface area contributed by atoms with Gasteiger partial charge in [-0.1, -0.05) is 6.07 Å². The van der Waals surface area contributed by atoms with E-state index in [9.17, 15) is 0 Å². The monoisotopic (exact) mass is 439 g/mol. The number of nitrogens with one attached hydrogen (secondary N) is 2. The summed E-state index contributed by atoms with van der Waals surface area (Å²) < 4.78 is 11.1. The van der Waals surface area contributed by atoms with Crippen LogP contribution in [0.3, 0.4) is 0 Å². The predicted octanol–water partition coefficient (Wildman–Crippen LogP) is 3.78. The number of aliphatic imine (C=N–C) groups is 1. The molecule has 0 amide bonds. The Morgan fingerprint density at radius 2 is 1.91 bits per heavy atom. The van der Waals surface area contributed by atoms with E-state index in [4.69, 9.17) is 14.5 Å². The molecule has 0 bridgehead atoms. The summed E-state index contributed by atoms with van der Waals surface area (Å²) in [6.45, 7) is 9.21. The number of ether oxygens (including phenoxy) is 2. The van der Waals surface area contributed by atoms with Gasteiger partial charge in [-0.3, -0.25) is 0 Å². The molecule has 2 aromatic rings. The molecule has 7 heteroatoms. The highest BCUT2D eigenvalue weighted by Gasteiger charge is 2.13. The zero-order valence-electron chi connectivity index (χ0n) is 19.7. The van der Waals surface area contributed by atoms with Gasteiger partial charge >= 0.3 is 0 Å². The molecule has 0 spiro atoms. The summed E-state index contributed by atoms with van der Waals surface area (Å²) in [6, 6.07) is 10.4. The SMILES string of the molecule is CCNC(=NCc1ccnc(N2CCCC2)c1)NCCCc1ccc(OC)c(OCC)c1. The Bertz CT molecular complexity index is 865. The highest BCUT2D eigenvalue weighted by Crippen LogP contribution is 2.28. The molecule has 2 heterocycles. The van der Waals surface area contributed by atoms with Crippen LogP contribution in [-0.4, -0.2) is 50.8 Å². The van der Waals surface area contributed by atoms with Crippen molar-refractivity contribution >= 4 is 11.8 Å². The Hall–Kier alpha value is -2.96. The van der Waals surface area contributed by atoms with Crippen LogP contribution in [0.1, 0.15) is 44.2 Å². The van der Waals surface area contributed by atoms with Crippen molar-refractivity contribution in [2.24, 2.45) is 4.99 Å². The number of anilines is 1. The zero-order chi connectivity index (χ0) is 22.6. The van der Waals surface area contributed by atoms with Crippen molar-refractivity contribution < 1.29 is 9.47 Å². The van der Waals surface area contributed by atoms with Crippen LogP contribution >= 0.6 is 0 Å². The number of aryl methyl sites for hydroxylation is 1. The molecule has 2 N–H and O–H groups in total. The Kier molecular flexibility index (Phi) is 9.47. The molecule has 7 nitrogen and oxygen atoms in total. The number of rotatable bonds is 11. The van der Waals surface area contributed by atoms with Gasteiger partial charge in [-0.05, 0) is 74.9 Å². The number of hydrogen-bond donors (Lipinski definition) is 2. The minimum Gasteiger partial charge on any atom is -0.493 e. The quantitative estimate of drug-likeness (QED) is 0.315. The molecule has 1 aliphatic rings. The van der Waals surface area contributed by atoms with Crippen molar-refractivity contribution in [1.82, 2.24) is 15.6 Å². The maximum Gasteiger partial charge on any atom is 0.191 e. The van der Waals surface area contributed by atoms with Crippen molar-refractivity contribution in [3.8, 4) is 11.5 Å². The smallest absolute Gasteiger partial charge is 0.191 e. The molecule has 32 heavy (non-hydrogen) atoms. The normalized spacial score (nSPS) is 13.8. The number of methoxy groups -OCH3 is 1. The van der Waals surface area contributed by atoms with Crippen LogP contribution in [0.5, 0.6) is 11.5 Å². The molecule has 1 aromatic carbocycles. The second kappa shape index (κ2) is 12.8. The van der Waals surface area contributed by atoms with Gasteiger partial charge in [0.25, 0.3) is 0 Å². The van der Waals surface area contributed by atoms with Gasteiger partial charge in [-0.15, -0.1) is 0 Å². The van der Waals surface area contributed by atoms with Crippen LogP contribution in [0.2, 0.25) is 0 Å². The van der Waals surface area contributed by atoms with E-state index in [1.54, 1.807) is 7.11 Å². The van der Waals surface area contributed by atoms with Gasteiger partial charge in [0, 0.05) is 32.4 Å². The third-order valence-corrected chi connectivity index (χ3v) is 5.47. The number of hydrogen-bond acceptors (Lipinski definition) is 5. The van der Waals surface area contributed by atoms with Crippen LogP contribution in [0.4, 0.5) is 5.82 Å². The first-order valence-corrected chi connectivity index (χ1v) is 11.7. The van der Waals surface area contributed by atoms with Gasteiger partial charge in [0.1, 0.15) is 5.82 Å². The van der Waals surface area contributed by atoms with Crippen LogP contribution in [0.25, 0.3) is 0 Å². The van der Waals surface area contributed by atoms with Gasteiger partial charge in [0.15, 0.2) is 17.5 Å². The highest BCUT2D eigenvalue weighted by molar-refractivity contribution is 5.79. The maximum atomic E-state index is 5.68. The molecule has 0 radical (unpaired) electrons. The first-order valence-electron chi connectivity index (χ1n) is 11.7. The van der Waals surface area contributed by atoms with E-state index in [2.05, 4.69) is 45.6 Å². The van der Waals surface area contributed by atoms with Crippen LogP contribution in [0.15, 0.2) is 41.5 Å². The highest BCUT2D eigenvalue weighted by atomic mass is 16.5. The van der Waals surface area contributed by atoms with Gasteiger partial charge in [0.05, 0.1) is 20.3 Å². The zero-order valence-corrected chi connectivity index (χ0v) is 19.7. The van der Waals surface area contributed by atoms with Crippen molar-refractivity contribution in [3.05, 3.63) is 47.7 Å². The molecule has 0 saturated carbocycles. The van der Waals surface area contributed by atoms with Crippen molar-refractivity contribution in [2.75, 3.05) is 44.8 Å². The Labute approximate surface area is 192 Å². The molecule has 0 atom stereocenters. The van der Waals surface area contributed by atoms with Gasteiger partial charge in [-0.25, -0.2) is 9.98 Å². The summed E-state index contributed by atoms with van der Waals surface area (Å²) in [5, 5.41) is 6.79. The fourth-order valence-corrected chi connectivity index (χ4v) is 3.83. The number of pyridine rings is 1. The lowest BCUT2D eigenvalue weighted by Crippen LogP contribution is -2.37. The Balaban J connectivity index is 1.50. The van der Waals surface area contributed by atoms with Gasteiger partial charge in [-0.2, -0.15) is 0 Å². The number of benzene rings is 1. The molecule has 0 aliphatic carbocycles. The van der Waals surface area contributed by atoms with Crippen molar-refractivity contribution in [1.29, 1.82) is 0 Å². The van der Waals surface area contributed by atoms with E-state index >= 15 is 0 Å². The first kappa shape index (κ1) is 23.7. The Morgan fingerprint density at radius 1 is 1.06 bits per heavy atom. The molecule has 1 aliphatic heterocycles. The third-order valence-electron chi connectivity index (χ3n) is 5.47. The van der Waals surface area contributed by atoms with E-state index < -0.39 is 0 Å². The number of nitrogens with zero attached hydrogens (tertiary/aromatic N) is 3. The van der Waals surface area contributed by atoms with Gasteiger partial charge in [0.2, 0.25) is 0 Å². The largest absolute Gasteiger partial charge is 0.493 e. The second-order valence-corrected chi connectivity index (χ2v) is 7.86. The summed E-state index contributed by atoms with van der Waals surface area (Å²) in [5.74, 6) is 3.50. The van der Waals surface area contributed by atoms with Crippen LogP contribution in [0, 0.1) is 0 Å². The van der Waals surface area contributed by atoms with Gasteiger partial charge < -0.3 is 25.0 Å². The summed E-state index contributed by atoms with van der Waals surface area (Å²) >= 11 is 0. The predicted molar refractivity (Wildman–Crippen MR) is 131 cm³/mol. The molecule has 0 unspecified atom stereocenters. The Morgan fingerprint density at radius 3 is 2.66 bits per heavy atom. The number of aromatic nitrogens is 1. The molecular weight excluding hydrogens is 402 g/mol. The van der Waals surface area contributed by atoms with Crippen LogP contribution < -0.4 is 25.0 Å². The molecule has 1 aromatic heterocycles. The molecular formula is C25H37N5O2. The summed E-state index contributed by atoms with van der Waals surface area (Å²) in [4.78, 5) is 11.7. The average molecular weight is 440 g/mol. The second-order valence-electron chi connectivity index (χ2n) is 7.86. The standard InChI is InChI=1S/C25H37N5O2/c1-4-26-25(29-19-21-12-14-27-24(18-21)30-15-6-7-16-30)28-13-8-9-20-10-11-22(31-3)23(17-20)32-5-2/h10-12,14,17-18H,4-9,13,15-16,19H2,1-3H3,(H2,26,28,29). The minimum atomic E-state index is 0.626. The van der Waals surface area contributed by atoms with Crippen LogP contribution in [-0.2, 0) is 13.0 Å². The lowest BCUT2D eigenvalue weighted by molar-refractivity contribution is 0.310. The lowest BCUT2D eigenvalue weighted by Gasteiger charge is -2.16. The first-order chi connectivity index (χ1) is 15.7. The van der Waals surface area contributed by atoms with E-state index in [0.717, 1.165) is 62.3 Å². The third kappa shape index (κ3) is 7.04.